The van der Waals surface area contributed by atoms with Crippen LogP contribution in [0.5, 0.6) is 0 Å². The van der Waals surface area contributed by atoms with Crippen molar-refractivity contribution in [1.82, 2.24) is 14.8 Å². The van der Waals surface area contributed by atoms with Crippen LogP contribution in [0.25, 0.3) is 5.57 Å². The smallest absolute Gasteiger partial charge is 0.278 e. The van der Waals surface area contributed by atoms with Gasteiger partial charge in [0, 0.05) is 25.5 Å². The molecule has 0 N–H and O–H groups in total. The summed E-state index contributed by atoms with van der Waals surface area (Å²) in [5.41, 5.74) is 2.03. The molecule has 2 aliphatic heterocycles. The van der Waals surface area contributed by atoms with E-state index < -0.39 is 5.82 Å². The Kier molecular flexibility index (Phi) is 4.68. The normalized spacial score (nSPS) is 17.8. The number of halogens is 1. The van der Waals surface area contributed by atoms with Gasteiger partial charge in [-0.1, -0.05) is 12.1 Å². The molecule has 3 heterocycles. The number of pyridine rings is 1. The number of carbonyl (C=O) groups excluding carboxylic acids is 2. The number of ether oxygens (including phenoxy) is 1. The van der Waals surface area contributed by atoms with Crippen LogP contribution in [0.4, 0.5) is 4.39 Å². The van der Waals surface area contributed by atoms with Gasteiger partial charge in [-0.25, -0.2) is 4.39 Å². The lowest BCUT2D eigenvalue weighted by molar-refractivity contribution is -0.138. The van der Waals surface area contributed by atoms with E-state index in [0.717, 1.165) is 5.56 Å². The number of hydrogen-bond donors (Lipinski definition) is 0. The highest BCUT2D eigenvalue weighted by Crippen LogP contribution is 2.33. The molecule has 27 heavy (non-hydrogen) atoms. The number of imide groups is 1. The van der Waals surface area contributed by atoms with Crippen LogP contribution >= 0.6 is 0 Å². The van der Waals surface area contributed by atoms with E-state index >= 15 is 0 Å². The summed E-state index contributed by atoms with van der Waals surface area (Å²) in [6.45, 7) is 2.21. The zero-order valence-electron chi connectivity index (χ0n) is 14.6. The van der Waals surface area contributed by atoms with Gasteiger partial charge in [0.2, 0.25) is 0 Å². The van der Waals surface area contributed by atoms with Crippen molar-refractivity contribution in [3.05, 3.63) is 71.4 Å². The van der Waals surface area contributed by atoms with Crippen molar-refractivity contribution in [2.24, 2.45) is 0 Å². The molecule has 2 amide bonds. The highest BCUT2D eigenvalue weighted by atomic mass is 19.1. The quantitative estimate of drug-likeness (QED) is 0.772. The second-order valence-corrected chi connectivity index (χ2v) is 6.38. The van der Waals surface area contributed by atoms with Crippen molar-refractivity contribution >= 4 is 17.4 Å². The first-order chi connectivity index (χ1) is 13.1. The number of nitrogens with zero attached hydrogens (tertiary/aromatic N) is 3. The first kappa shape index (κ1) is 17.4. The molecule has 1 aromatic heterocycles. The minimum atomic E-state index is -0.391. The fraction of sp³-hybridized carbons (Fsp3) is 0.250. The zero-order chi connectivity index (χ0) is 18.8. The van der Waals surface area contributed by atoms with Gasteiger partial charge in [0.25, 0.3) is 11.8 Å². The summed E-state index contributed by atoms with van der Waals surface area (Å²) in [7, 11) is 0. The Morgan fingerprint density at radius 1 is 0.963 bits per heavy atom. The van der Waals surface area contributed by atoms with Gasteiger partial charge in [0.05, 0.1) is 25.3 Å². The molecule has 0 aliphatic carbocycles. The van der Waals surface area contributed by atoms with E-state index in [1.54, 1.807) is 24.5 Å². The Bertz CT molecular complexity index is 890. The first-order valence-corrected chi connectivity index (χ1v) is 8.73. The van der Waals surface area contributed by atoms with Crippen LogP contribution in [0.15, 0.2) is 54.5 Å². The van der Waals surface area contributed by atoms with Crippen LogP contribution in [0.1, 0.15) is 11.1 Å². The van der Waals surface area contributed by atoms with Crippen molar-refractivity contribution in [1.29, 1.82) is 0 Å². The molecular weight excluding hydrogens is 349 g/mol. The summed E-state index contributed by atoms with van der Waals surface area (Å²) in [6.07, 6.45) is 3.25. The lowest BCUT2D eigenvalue weighted by atomic mass is 10.0. The predicted octanol–water partition coefficient (Wildman–Crippen LogP) is 1.83. The molecule has 2 aromatic rings. The molecule has 0 spiro atoms. The number of carbonyl (C=O) groups is 2. The van der Waals surface area contributed by atoms with Gasteiger partial charge in [-0.3, -0.25) is 19.5 Å². The Labute approximate surface area is 155 Å². The summed E-state index contributed by atoms with van der Waals surface area (Å²) in [4.78, 5) is 33.4. The third-order valence-corrected chi connectivity index (χ3v) is 4.69. The van der Waals surface area contributed by atoms with E-state index in [1.807, 2.05) is 4.90 Å². The number of rotatable bonds is 4. The van der Waals surface area contributed by atoms with Crippen LogP contribution in [0.2, 0.25) is 0 Å². The van der Waals surface area contributed by atoms with Gasteiger partial charge in [-0.15, -0.1) is 0 Å². The molecular formula is C20H18FN3O3. The van der Waals surface area contributed by atoms with Crippen LogP contribution in [0, 0.1) is 5.82 Å². The fourth-order valence-electron chi connectivity index (χ4n) is 3.33. The monoisotopic (exact) mass is 367 g/mol. The van der Waals surface area contributed by atoms with Crippen molar-refractivity contribution in [3.8, 4) is 0 Å². The summed E-state index contributed by atoms with van der Waals surface area (Å²) >= 11 is 0. The summed E-state index contributed by atoms with van der Waals surface area (Å²) in [5, 5.41) is 0. The lowest BCUT2D eigenvalue weighted by Crippen LogP contribution is -2.40. The SMILES string of the molecule is O=C1C(c2ccc(F)cc2)=C(N2CCOCC2)C(=O)N1Cc1ccncc1. The van der Waals surface area contributed by atoms with E-state index in [9.17, 15) is 14.0 Å². The Balaban J connectivity index is 1.73. The van der Waals surface area contributed by atoms with Crippen LogP contribution in [-0.4, -0.2) is 52.9 Å². The molecule has 138 valence electrons. The Morgan fingerprint density at radius 3 is 2.30 bits per heavy atom. The van der Waals surface area contributed by atoms with Crippen LogP contribution in [0.3, 0.4) is 0 Å². The minimum absolute atomic E-state index is 0.165. The fourth-order valence-corrected chi connectivity index (χ4v) is 3.33. The topological polar surface area (TPSA) is 62.7 Å². The average molecular weight is 367 g/mol. The third kappa shape index (κ3) is 3.33. The van der Waals surface area contributed by atoms with Gasteiger partial charge in [-0.05, 0) is 35.4 Å². The minimum Gasteiger partial charge on any atom is -0.378 e. The van der Waals surface area contributed by atoms with Crippen molar-refractivity contribution in [3.63, 3.8) is 0 Å². The van der Waals surface area contributed by atoms with Crippen molar-refractivity contribution < 1.29 is 18.7 Å². The molecule has 6 nitrogen and oxygen atoms in total. The predicted molar refractivity (Wildman–Crippen MR) is 95.5 cm³/mol. The zero-order valence-corrected chi connectivity index (χ0v) is 14.6. The Hall–Kier alpha value is -3.06. The number of aromatic nitrogens is 1. The average Bonchev–Trinajstić information content (AvgIpc) is 2.95. The van der Waals surface area contributed by atoms with Crippen LogP contribution < -0.4 is 0 Å². The maximum atomic E-state index is 13.4. The highest BCUT2D eigenvalue weighted by molar-refractivity contribution is 6.35. The van der Waals surface area contributed by atoms with E-state index in [4.69, 9.17) is 4.74 Å². The number of benzene rings is 1. The Morgan fingerprint density at radius 2 is 1.63 bits per heavy atom. The maximum Gasteiger partial charge on any atom is 0.278 e. The molecule has 4 rings (SSSR count). The number of amides is 2. The van der Waals surface area contributed by atoms with E-state index in [2.05, 4.69) is 4.98 Å². The number of hydrogen-bond acceptors (Lipinski definition) is 5. The first-order valence-electron chi connectivity index (χ1n) is 8.73. The summed E-state index contributed by atoms with van der Waals surface area (Å²) < 4.78 is 18.7. The molecule has 0 radical (unpaired) electrons. The maximum absolute atomic E-state index is 13.4. The standard InChI is InChI=1S/C20H18FN3O3/c21-16-3-1-15(2-4-16)17-18(23-9-11-27-12-10-23)20(26)24(19(17)25)13-14-5-7-22-8-6-14/h1-8H,9-13H2. The van der Waals surface area contributed by atoms with Gasteiger partial charge in [0.1, 0.15) is 11.5 Å². The lowest BCUT2D eigenvalue weighted by Gasteiger charge is -2.29. The van der Waals surface area contributed by atoms with Gasteiger partial charge >= 0.3 is 0 Å². The second kappa shape index (κ2) is 7.28. The molecule has 1 aromatic carbocycles. The third-order valence-electron chi connectivity index (χ3n) is 4.69. The second-order valence-electron chi connectivity index (χ2n) is 6.38. The van der Waals surface area contributed by atoms with Gasteiger partial charge in [-0.2, -0.15) is 0 Å². The molecule has 0 atom stereocenters. The van der Waals surface area contributed by atoms with Crippen LogP contribution in [-0.2, 0) is 20.9 Å². The van der Waals surface area contributed by atoms with Crippen molar-refractivity contribution in [2.45, 2.75) is 6.54 Å². The molecule has 0 bridgehead atoms. The van der Waals surface area contributed by atoms with Crippen molar-refractivity contribution in [2.75, 3.05) is 26.3 Å². The molecule has 7 heteroatoms. The van der Waals surface area contributed by atoms with E-state index in [0.29, 0.717) is 43.1 Å². The molecule has 1 saturated heterocycles. The summed E-state index contributed by atoms with van der Waals surface area (Å²) in [5.74, 6) is -1.10. The highest BCUT2D eigenvalue weighted by Gasteiger charge is 2.41. The van der Waals surface area contributed by atoms with Gasteiger partial charge < -0.3 is 9.64 Å². The van der Waals surface area contributed by atoms with E-state index in [-0.39, 0.29) is 18.4 Å². The van der Waals surface area contributed by atoms with Gasteiger partial charge in [0.15, 0.2) is 0 Å². The largest absolute Gasteiger partial charge is 0.378 e. The molecule has 0 unspecified atom stereocenters. The summed E-state index contributed by atoms with van der Waals surface area (Å²) in [6, 6.07) is 9.19. The van der Waals surface area contributed by atoms with E-state index in [1.165, 1.54) is 29.2 Å². The number of morpholine rings is 1. The molecule has 2 aliphatic rings. The molecule has 0 saturated carbocycles. The molecule has 1 fully saturated rings.